The van der Waals surface area contributed by atoms with Crippen LogP contribution in [0.4, 0.5) is 0 Å². The molecule has 3 unspecified atom stereocenters. The SMILES string of the molecule is CNCC1(CN2CCCC(C)(O)CC2)CCCC(C)C1. The van der Waals surface area contributed by atoms with E-state index in [1.807, 2.05) is 6.92 Å². The van der Waals surface area contributed by atoms with Gasteiger partial charge in [0.15, 0.2) is 0 Å². The first kappa shape index (κ1) is 16.3. The molecule has 0 aromatic heterocycles. The molecular weight excluding hydrogens is 248 g/mol. The Morgan fingerprint density at radius 2 is 2.00 bits per heavy atom. The van der Waals surface area contributed by atoms with E-state index in [0.29, 0.717) is 5.41 Å². The van der Waals surface area contributed by atoms with Crippen molar-refractivity contribution in [2.45, 2.75) is 64.4 Å². The molecule has 1 heterocycles. The van der Waals surface area contributed by atoms with Gasteiger partial charge in [-0.15, -0.1) is 0 Å². The van der Waals surface area contributed by atoms with Gasteiger partial charge in [0.2, 0.25) is 0 Å². The lowest BCUT2D eigenvalue weighted by Crippen LogP contribution is -2.46. The maximum Gasteiger partial charge on any atom is 0.0632 e. The Hall–Kier alpha value is -0.120. The van der Waals surface area contributed by atoms with E-state index in [1.54, 1.807) is 0 Å². The van der Waals surface area contributed by atoms with E-state index < -0.39 is 5.60 Å². The normalized spacial score (nSPS) is 40.5. The third-order valence-electron chi connectivity index (χ3n) is 5.45. The minimum atomic E-state index is -0.440. The molecule has 20 heavy (non-hydrogen) atoms. The van der Waals surface area contributed by atoms with Crippen LogP contribution >= 0.6 is 0 Å². The van der Waals surface area contributed by atoms with Crippen molar-refractivity contribution in [2.24, 2.45) is 11.3 Å². The third-order valence-corrected chi connectivity index (χ3v) is 5.45. The van der Waals surface area contributed by atoms with Gasteiger partial charge in [0.25, 0.3) is 0 Å². The highest BCUT2D eigenvalue weighted by molar-refractivity contribution is 4.91. The maximum absolute atomic E-state index is 10.2. The molecule has 0 spiro atoms. The molecule has 3 atom stereocenters. The Morgan fingerprint density at radius 1 is 1.20 bits per heavy atom. The molecule has 1 saturated carbocycles. The Balaban J connectivity index is 1.97. The average Bonchev–Trinajstić information content (AvgIpc) is 2.51. The standard InChI is InChI=1S/C17H34N2O/c1-15-6-4-8-17(12-15,13-18-3)14-19-10-5-7-16(2,20)9-11-19/h15,18,20H,4-14H2,1-3H3. The molecule has 2 N–H and O–H groups in total. The van der Waals surface area contributed by atoms with E-state index in [-0.39, 0.29) is 0 Å². The van der Waals surface area contributed by atoms with Crippen LogP contribution in [0.2, 0.25) is 0 Å². The second kappa shape index (κ2) is 6.76. The summed E-state index contributed by atoms with van der Waals surface area (Å²) in [5, 5.41) is 13.7. The minimum Gasteiger partial charge on any atom is -0.390 e. The summed E-state index contributed by atoms with van der Waals surface area (Å²) in [5.41, 5.74) is 0.0212. The molecule has 0 bridgehead atoms. The molecule has 0 aromatic carbocycles. The van der Waals surface area contributed by atoms with Gasteiger partial charge in [-0.05, 0) is 64.0 Å². The van der Waals surface area contributed by atoms with Crippen molar-refractivity contribution in [3.63, 3.8) is 0 Å². The summed E-state index contributed by atoms with van der Waals surface area (Å²) in [4.78, 5) is 2.62. The number of likely N-dealkylation sites (tertiary alicyclic amines) is 1. The van der Waals surface area contributed by atoms with E-state index in [4.69, 9.17) is 0 Å². The third kappa shape index (κ3) is 4.44. The quantitative estimate of drug-likeness (QED) is 0.832. The molecule has 1 aliphatic carbocycles. The summed E-state index contributed by atoms with van der Waals surface area (Å²) < 4.78 is 0. The number of hydrogen-bond donors (Lipinski definition) is 2. The van der Waals surface area contributed by atoms with Crippen LogP contribution in [0.3, 0.4) is 0 Å². The molecule has 118 valence electrons. The van der Waals surface area contributed by atoms with Gasteiger partial charge in [0.05, 0.1) is 5.60 Å². The van der Waals surface area contributed by atoms with Crippen molar-refractivity contribution in [3.8, 4) is 0 Å². The van der Waals surface area contributed by atoms with Crippen LogP contribution in [0.25, 0.3) is 0 Å². The maximum atomic E-state index is 10.2. The summed E-state index contributed by atoms with van der Waals surface area (Å²) in [7, 11) is 2.09. The first-order valence-electron chi connectivity index (χ1n) is 8.54. The van der Waals surface area contributed by atoms with Gasteiger partial charge in [0, 0.05) is 19.6 Å². The van der Waals surface area contributed by atoms with E-state index in [0.717, 1.165) is 44.8 Å². The molecule has 3 nitrogen and oxygen atoms in total. The lowest BCUT2D eigenvalue weighted by atomic mass is 9.69. The second-order valence-corrected chi connectivity index (χ2v) is 7.86. The fourth-order valence-electron chi connectivity index (χ4n) is 4.46. The number of nitrogens with zero attached hydrogens (tertiary/aromatic N) is 1. The van der Waals surface area contributed by atoms with Gasteiger partial charge < -0.3 is 15.3 Å². The first-order chi connectivity index (χ1) is 9.45. The van der Waals surface area contributed by atoms with Crippen molar-refractivity contribution < 1.29 is 5.11 Å². The van der Waals surface area contributed by atoms with Crippen LogP contribution in [0, 0.1) is 11.3 Å². The van der Waals surface area contributed by atoms with Crippen molar-refractivity contribution in [3.05, 3.63) is 0 Å². The van der Waals surface area contributed by atoms with Crippen molar-refractivity contribution in [1.29, 1.82) is 0 Å². The van der Waals surface area contributed by atoms with E-state index in [2.05, 4.69) is 24.2 Å². The predicted octanol–water partition coefficient (Wildman–Crippen LogP) is 2.64. The average molecular weight is 282 g/mol. The Labute approximate surface area is 125 Å². The molecule has 1 aliphatic heterocycles. The summed E-state index contributed by atoms with van der Waals surface area (Å²) >= 11 is 0. The second-order valence-electron chi connectivity index (χ2n) is 7.86. The molecule has 0 amide bonds. The van der Waals surface area contributed by atoms with Crippen LogP contribution in [0.1, 0.15) is 58.8 Å². The number of hydrogen-bond acceptors (Lipinski definition) is 3. The largest absolute Gasteiger partial charge is 0.390 e. The number of nitrogens with one attached hydrogen (secondary N) is 1. The Morgan fingerprint density at radius 3 is 2.70 bits per heavy atom. The van der Waals surface area contributed by atoms with E-state index >= 15 is 0 Å². The Kier molecular flexibility index (Phi) is 5.49. The van der Waals surface area contributed by atoms with Crippen LogP contribution < -0.4 is 5.32 Å². The highest BCUT2D eigenvalue weighted by Crippen LogP contribution is 2.40. The molecule has 2 fully saturated rings. The zero-order valence-corrected chi connectivity index (χ0v) is 13.7. The molecule has 3 heteroatoms. The number of aliphatic hydroxyl groups is 1. The van der Waals surface area contributed by atoms with Crippen LogP contribution in [0.15, 0.2) is 0 Å². The van der Waals surface area contributed by atoms with Crippen molar-refractivity contribution in [1.82, 2.24) is 10.2 Å². The summed E-state index contributed by atoms with van der Waals surface area (Å²) in [6, 6.07) is 0. The topological polar surface area (TPSA) is 35.5 Å². The minimum absolute atomic E-state index is 0.440. The predicted molar refractivity (Wildman–Crippen MR) is 84.9 cm³/mol. The van der Waals surface area contributed by atoms with Gasteiger partial charge in [-0.2, -0.15) is 0 Å². The van der Waals surface area contributed by atoms with Crippen LogP contribution in [0.5, 0.6) is 0 Å². The molecular formula is C17H34N2O. The smallest absolute Gasteiger partial charge is 0.0632 e. The zero-order valence-electron chi connectivity index (χ0n) is 13.7. The van der Waals surface area contributed by atoms with Crippen molar-refractivity contribution in [2.75, 3.05) is 33.2 Å². The fraction of sp³-hybridized carbons (Fsp3) is 1.00. The number of rotatable bonds is 4. The van der Waals surface area contributed by atoms with Gasteiger partial charge >= 0.3 is 0 Å². The van der Waals surface area contributed by atoms with Crippen molar-refractivity contribution >= 4 is 0 Å². The highest BCUT2D eigenvalue weighted by atomic mass is 16.3. The molecule has 0 aromatic rings. The van der Waals surface area contributed by atoms with Gasteiger partial charge in [-0.25, -0.2) is 0 Å². The molecule has 1 saturated heterocycles. The van der Waals surface area contributed by atoms with Crippen LogP contribution in [-0.2, 0) is 0 Å². The summed E-state index contributed by atoms with van der Waals surface area (Å²) in [6.45, 7) is 9.00. The van der Waals surface area contributed by atoms with Gasteiger partial charge in [-0.1, -0.05) is 19.8 Å². The highest BCUT2D eigenvalue weighted by Gasteiger charge is 2.37. The van der Waals surface area contributed by atoms with Gasteiger partial charge in [-0.3, -0.25) is 0 Å². The lowest BCUT2D eigenvalue weighted by molar-refractivity contribution is 0.0393. The zero-order chi connectivity index (χ0) is 14.6. The lowest BCUT2D eigenvalue weighted by Gasteiger charge is -2.43. The van der Waals surface area contributed by atoms with Crippen LogP contribution in [-0.4, -0.2) is 48.8 Å². The summed E-state index contributed by atoms with van der Waals surface area (Å²) in [6.07, 6.45) is 8.54. The van der Waals surface area contributed by atoms with E-state index in [1.165, 1.54) is 32.2 Å². The molecule has 2 rings (SSSR count). The van der Waals surface area contributed by atoms with Gasteiger partial charge in [0.1, 0.15) is 0 Å². The molecule has 2 aliphatic rings. The monoisotopic (exact) mass is 282 g/mol. The fourth-order valence-corrected chi connectivity index (χ4v) is 4.46. The summed E-state index contributed by atoms with van der Waals surface area (Å²) in [5.74, 6) is 0.868. The Bertz CT molecular complexity index is 301. The first-order valence-corrected chi connectivity index (χ1v) is 8.54. The molecule has 0 radical (unpaired) electrons. The van der Waals surface area contributed by atoms with E-state index in [9.17, 15) is 5.11 Å².